The number of nitrogens with zero attached hydrogens (tertiary/aromatic N) is 4. The van der Waals surface area contributed by atoms with Gasteiger partial charge in [0, 0.05) is 7.05 Å². The molecule has 1 aliphatic rings. The van der Waals surface area contributed by atoms with Crippen molar-refractivity contribution in [2.24, 2.45) is 0 Å². The van der Waals surface area contributed by atoms with Crippen molar-refractivity contribution in [2.45, 2.75) is 24.5 Å². The number of imidazole rings is 1. The number of ether oxygens (including phenoxy) is 1. The molecule has 1 saturated heterocycles. The van der Waals surface area contributed by atoms with E-state index in [0.717, 1.165) is 0 Å². The number of hydrogen-bond donors (Lipinski definition) is 4. The van der Waals surface area contributed by atoms with Crippen molar-refractivity contribution < 1.29 is 20.1 Å². The summed E-state index contributed by atoms with van der Waals surface area (Å²) in [5.41, 5.74) is 1.01. The smallest absolute Gasteiger partial charge is 0.167 e. The molecule has 0 amide bonds. The van der Waals surface area contributed by atoms with E-state index in [9.17, 15) is 10.2 Å². The first-order chi connectivity index (χ1) is 9.67. The molecule has 0 bridgehead atoms. The van der Waals surface area contributed by atoms with Gasteiger partial charge in [-0.2, -0.15) is 0 Å². The summed E-state index contributed by atoms with van der Waals surface area (Å²) in [5, 5.41) is 31.8. The fourth-order valence-corrected chi connectivity index (χ4v) is 2.33. The third-order valence-electron chi connectivity index (χ3n) is 3.39. The van der Waals surface area contributed by atoms with Crippen LogP contribution in [0.2, 0.25) is 0 Å². The van der Waals surface area contributed by atoms with Gasteiger partial charge in [0.15, 0.2) is 17.7 Å². The molecule has 108 valence electrons. The fourth-order valence-electron chi connectivity index (χ4n) is 2.33. The molecule has 3 rings (SSSR count). The Hall–Kier alpha value is -1.81. The Morgan fingerprint density at radius 1 is 1.30 bits per heavy atom. The summed E-state index contributed by atoms with van der Waals surface area (Å²) in [4.78, 5) is 12.3. The van der Waals surface area contributed by atoms with Crippen molar-refractivity contribution in [3.63, 3.8) is 0 Å². The van der Waals surface area contributed by atoms with Gasteiger partial charge >= 0.3 is 0 Å². The van der Waals surface area contributed by atoms with E-state index < -0.39 is 24.5 Å². The van der Waals surface area contributed by atoms with E-state index in [0.29, 0.717) is 17.0 Å². The lowest BCUT2D eigenvalue weighted by atomic mass is 10.1. The number of aliphatic hydroxyl groups is 3. The molecule has 2 unspecified atom stereocenters. The minimum absolute atomic E-state index is 0.377. The molecule has 9 heteroatoms. The zero-order chi connectivity index (χ0) is 14.3. The van der Waals surface area contributed by atoms with Crippen molar-refractivity contribution in [1.29, 1.82) is 0 Å². The normalized spacial score (nSPS) is 30.0. The van der Waals surface area contributed by atoms with E-state index in [1.54, 1.807) is 7.05 Å². The van der Waals surface area contributed by atoms with Crippen LogP contribution < -0.4 is 5.32 Å². The Bertz CT molecular complexity index is 618. The van der Waals surface area contributed by atoms with E-state index in [1.807, 2.05) is 0 Å². The molecule has 9 nitrogen and oxygen atoms in total. The maximum absolute atomic E-state index is 10.0. The summed E-state index contributed by atoms with van der Waals surface area (Å²) >= 11 is 0. The number of aliphatic hydroxyl groups excluding tert-OH is 3. The predicted octanol–water partition coefficient (Wildman–Crippen LogP) is -1.52. The molecule has 0 spiro atoms. The number of anilines is 1. The Morgan fingerprint density at radius 2 is 2.10 bits per heavy atom. The molecule has 4 N–H and O–H groups in total. The highest BCUT2D eigenvalue weighted by Gasteiger charge is 2.43. The fraction of sp³-hybridized carbons (Fsp3) is 0.545. The molecular weight excluding hydrogens is 266 g/mol. The van der Waals surface area contributed by atoms with Gasteiger partial charge in [0.2, 0.25) is 0 Å². The Balaban J connectivity index is 2.03. The minimum atomic E-state index is -1.17. The topological polar surface area (TPSA) is 126 Å². The zero-order valence-electron chi connectivity index (χ0n) is 10.7. The summed E-state index contributed by atoms with van der Waals surface area (Å²) in [5.74, 6) is 0.556. The maximum Gasteiger partial charge on any atom is 0.167 e. The SMILES string of the molecule is CNc1ncnc2c1ncn2C1OC(CO)[C@@H](O)[C@H]1O. The maximum atomic E-state index is 10.0. The van der Waals surface area contributed by atoms with Gasteiger partial charge in [0.05, 0.1) is 12.9 Å². The lowest BCUT2D eigenvalue weighted by Gasteiger charge is -2.16. The minimum Gasteiger partial charge on any atom is -0.394 e. The molecule has 0 aromatic carbocycles. The largest absolute Gasteiger partial charge is 0.394 e. The van der Waals surface area contributed by atoms with Gasteiger partial charge < -0.3 is 25.4 Å². The van der Waals surface area contributed by atoms with Gasteiger partial charge in [-0.25, -0.2) is 15.0 Å². The van der Waals surface area contributed by atoms with Gasteiger partial charge in [0.25, 0.3) is 0 Å². The van der Waals surface area contributed by atoms with Crippen LogP contribution in [0.25, 0.3) is 11.2 Å². The molecule has 1 aliphatic heterocycles. The summed E-state index contributed by atoms with van der Waals surface area (Å²) < 4.78 is 6.97. The second-order valence-corrected chi connectivity index (χ2v) is 4.53. The Labute approximate surface area is 113 Å². The van der Waals surface area contributed by atoms with Crippen LogP contribution in [0.15, 0.2) is 12.7 Å². The molecule has 0 saturated carbocycles. The molecule has 20 heavy (non-hydrogen) atoms. The van der Waals surface area contributed by atoms with Crippen molar-refractivity contribution in [3.05, 3.63) is 12.7 Å². The highest BCUT2D eigenvalue weighted by molar-refractivity contribution is 5.82. The van der Waals surface area contributed by atoms with Crippen LogP contribution >= 0.6 is 0 Å². The summed E-state index contributed by atoms with van der Waals surface area (Å²) in [7, 11) is 1.72. The Kier molecular flexibility index (Phi) is 3.26. The average Bonchev–Trinajstić information content (AvgIpc) is 3.01. The standard InChI is InChI=1S/C11H15N5O4/c1-12-9-6-10(14-3-13-9)16(4-15-6)11-8(19)7(18)5(2-17)20-11/h3-5,7-8,11,17-19H,2H2,1H3,(H,12,13,14)/t5?,7-,8-,11?/m1/s1. The number of hydrogen-bond acceptors (Lipinski definition) is 8. The van der Waals surface area contributed by atoms with Crippen molar-refractivity contribution in [2.75, 3.05) is 19.0 Å². The molecule has 4 atom stereocenters. The van der Waals surface area contributed by atoms with Crippen LogP contribution in [0.4, 0.5) is 5.82 Å². The van der Waals surface area contributed by atoms with Crippen molar-refractivity contribution >= 4 is 17.0 Å². The average molecular weight is 281 g/mol. The summed E-state index contributed by atoms with van der Waals surface area (Å²) in [6, 6.07) is 0. The van der Waals surface area contributed by atoms with E-state index >= 15 is 0 Å². The van der Waals surface area contributed by atoms with Crippen LogP contribution in [-0.4, -0.2) is 66.8 Å². The van der Waals surface area contributed by atoms with Crippen molar-refractivity contribution in [3.8, 4) is 0 Å². The monoisotopic (exact) mass is 281 g/mol. The molecule has 1 fully saturated rings. The van der Waals surface area contributed by atoms with Crippen LogP contribution in [-0.2, 0) is 4.74 Å². The number of fused-ring (bicyclic) bond motifs is 1. The van der Waals surface area contributed by atoms with Crippen LogP contribution in [0.5, 0.6) is 0 Å². The van der Waals surface area contributed by atoms with Crippen molar-refractivity contribution in [1.82, 2.24) is 19.5 Å². The third kappa shape index (κ3) is 1.83. The molecule has 0 aliphatic carbocycles. The Morgan fingerprint density at radius 3 is 2.75 bits per heavy atom. The number of nitrogens with one attached hydrogen (secondary N) is 1. The molecule has 3 heterocycles. The summed E-state index contributed by atoms with van der Waals surface area (Å²) in [6.45, 7) is -0.377. The van der Waals surface area contributed by atoms with Crippen LogP contribution in [0.3, 0.4) is 0 Å². The zero-order valence-corrected chi connectivity index (χ0v) is 10.7. The lowest BCUT2D eigenvalue weighted by molar-refractivity contribution is -0.0511. The summed E-state index contributed by atoms with van der Waals surface area (Å²) in [6.07, 6.45) is -1.19. The molecule has 0 radical (unpaired) electrons. The first kappa shape index (κ1) is 13.2. The predicted molar refractivity (Wildman–Crippen MR) is 67.9 cm³/mol. The highest BCUT2D eigenvalue weighted by Crippen LogP contribution is 2.31. The molecular formula is C11H15N5O4. The molecule has 2 aromatic rings. The number of aromatic nitrogens is 4. The van der Waals surface area contributed by atoms with Crippen LogP contribution in [0.1, 0.15) is 6.23 Å². The second kappa shape index (κ2) is 4.94. The van der Waals surface area contributed by atoms with Gasteiger partial charge in [-0.3, -0.25) is 4.57 Å². The van der Waals surface area contributed by atoms with E-state index in [4.69, 9.17) is 9.84 Å². The van der Waals surface area contributed by atoms with E-state index in [1.165, 1.54) is 17.2 Å². The van der Waals surface area contributed by atoms with Gasteiger partial charge in [0.1, 0.15) is 30.2 Å². The van der Waals surface area contributed by atoms with Crippen LogP contribution in [0, 0.1) is 0 Å². The van der Waals surface area contributed by atoms with E-state index in [-0.39, 0.29) is 6.61 Å². The van der Waals surface area contributed by atoms with Gasteiger partial charge in [-0.15, -0.1) is 0 Å². The first-order valence-corrected chi connectivity index (χ1v) is 6.15. The highest BCUT2D eigenvalue weighted by atomic mass is 16.6. The molecule has 2 aromatic heterocycles. The lowest BCUT2D eigenvalue weighted by Crippen LogP contribution is -2.33. The first-order valence-electron chi connectivity index (χ1n) is 6.15. The second-order valence-electron chi connectivity index (χ2n) is 4.53. The van der Waals surface area contributed by atoms with E-state index in [2.05, 4.69) is 20.3 Å². The third-order valence-corrected chi connectivity index (χ3v) is 3.39. The number of rotatable bonds is 3. The van der Waals surface area contributed by atoms with Gasteiger partial charge in [-0.05, 0) is 0 Å². The van der Waals surface area contributed by atoms with Gasteiger partial charge in [-0.1, -0.05) is 0 Å². The quantitative estimate of drug-likeness (QED) is 0.534.